The summed E-state index contributed by atoms with van der Waals surface area (Å²) in [6.07, 6.45) is 0. The number of anilines is 3. The minimum Gasteiger partial charge on any atom is -0.399 e. The number of amides is 2. The van der Waals surface area contributed by atoms with Crippen LogP contribution in [-0.4, -0.2) is 17.6 Å². The van der Waals surface area contributed by atoms with Gasteiger partial charge in [-0.15, -0.1) is 0 Å². The fraction of sp³-hybridized carbons (Fsp3) is 0. The lowest BCUT2D eigenvalue weighted by Crippen LogP contribution is -2.19. The predicted octanol–water partition coefficient (Wildman–Crippen LogP) is 3.13. The molecule has 0 saturated heterocycles. The molecule has 0 fully saturated rings. The van der Waals surface area contributed by atoms with E-state index in [4.69, 9.17) is 5.73 Å². The number of carbonyl (C=O) groups excluding carboxylic acids is 3. The van der Waals surface area contributed by atoms with E-state index in [0.29, 0.717) is 33.6 Å². The molecule has 4 rings (SSSR count). The van der Waals surface area contributed by atoms with Crippen LogP contribution in [-0.2, 0) is 0 Å². The van der Waals surface area contributed by atoms with Crippen molar-refractivity contribution < 1.29 is 14.4 Å². The standard InChI is InChI=1S/C21H15N3O3/c22-14-3-1-2-13(10-14)19(25)12-4-6-15(7-5-12)23-16-8-9-17-18(11-16)21(27)24-20(17)26/h1-11,23H,22H2,(H,24,26,27). The molecular weight excluding hydrogens is 342 g/mol. The zero-order valence-electron chi connectivity index (χ0n) is 14.2. The van der Waals surface area contributed by atoms with E-state index in [1.54, 1.807) is 66.7 Å². The van der Waals surface area contributed by atoms with Crippen LogP contribution in [0, 0.1) is 0 Å². The third-order valence-corrected chi connectivity index (χ3v) is 4.32. The van der Waals surface area contributed by atoms with Gasteiger partial charge in [-0.2, -0.15) is 0 Å². The number of nitrogens with two attached hydrogens (primary N) is 1. The highest BCUT2D eigenvalue weighted by Crippen LogP contribution is 2.24. The number of fused-ring (bicyclic) bond motifs is 1. The first-order valence-corrected chi connectivity index (χ1v) is 8.28. The molecule has 0 aromatic heterocycles. The van der Waals surface area contributed by atoms with Gasteiger partial charge in [0.05, 0.1) is 11.1 Å². The number of benzene rings is 3. The van der Waals surface area contributed by atoms with Crippen LogP contribution in [0.25, 0.3) is 0 Å². The van der Waals surface area contributed by atoms with E-state index in [2.05, 4.69) is 10.6 Å². The van der Waals surface area contributed by atoms with Crippen molar-refractivity contribution in [3.8, 4) is 0 Å². The monoisotopic (exact) mass is 357 g/mol. The van der Waals surface area contributed by atoms with Gasteiger partial charge in [-0.25, -0.2) is 0 Å². The van der Waals surface area contributed by atoms with Gasteiger partial charge < -0.3 is 11.1 Å². The summed E-state index contributed by atoms with van der Waals surface area (Å²) in [4.78, 5) is 35.9. The molecule has 3 aromatic carbocycles. The van der Waals surface area contributed by atoms with Gasteiger partial charge in [-0.05, 0) is 54.6 Å². The van der Waals surface area contributed by atoms with E-state index in [1.165, 1.54) is 0 Å². The third kappa shape index (κ3) is 3.16. The normalized spacial score (nSPS) is 12.4. The molecule has 0 spiro atoms. The zero-order valence-corrected chi connectivity index (χ0v) is 14.2. The van der Waals surface area contributed by atoms with Gasteiger partial charge in [0.25, 0.3) is 11.8 Å². The molecule has 0 unspecified atom stereocenters. The van der Waals surface area contributed by atoms with E-state index in [9.17, 15) is 14.4 Å². The summed E-state index contributed by atoms with van der Waals surface area (Å²) in [6.45, 7) is 0. The van der Waals surface area contributed by atoms with Crippen molar-refractivity contribution in [2.45, 2.75) is 0 Å². The highest BCUT2D eigenvalue weighted by molar-refractivity contribution is 6.21. The third-order valence-electron chi connectivity index (χ3n) is 4.32. The number of rotatable bonds is 4. The van der Waals surface area contributed by atoms with Crippen LogP contribution in [0.2, 0.25) is 0 Å². The topological polar surface area (TPSA) is 101 Å². The van der Waals surface area contributed by atoms with Crippen LogP contribution in [0.15, 0.2) is 66.7 Å². The molecule has 27 heavy (non-hydrogen) atoms. The maximum absolute atomic E-state index is 12.5. The number of imide groups is 1. The van der Waals surface area contributed by atoms with Gasteiger partial charge in [0.1, 0.15) is 0 Å². The first kappa shape index (κ1) is 16.5. The molecule has 2 amide bonds. The van der Waals surface area contributed by atoms with Gasteiger partial charge in [0.15, 0.2) is 5.78 Å². The first-order chi connectivity index (χ1) is 13.0. The highest BCUT2D eigenvalue weighted by atomic mass is 16.2. The Balaban J connectivity index is 1.53. The maximum atomic E-state index is 12.5. The quantitative estimate of drug-likeness (QED) is 0.378. The molecule has 132 valence electrons. The largest absolute Gasteiger partial charge is 0.399 e. The molecule has 0 atom stereocenters. The average Bonchev–Trinajstić information content (AvgIpc) is 2.95. The van der Waals surface area contributed by atoms with E-state index < -0.39 is 5.91 Å². The first-order valence-electron chi connectivity index (χ1n) is 8.28. The summed E-state index contributed by atoms with van der Waals surface area (Å²) in [7, 11) is 0. The summed E-state index contributed by atoms with van der Waals surface area (Å²) >= 11 is 0. The van der Waals surface area contributed by atoms with Crippen LogP contribution in [0.1, 0.15) is 36.6 Å². The van der Waals surface area contributed by atoms with Crippen molar-refractivity contribution in [3.63, 3.8) is 0 Å². The molecule has 4 N–H and O–H groups in total. The van der Waals surface area contributed by atoms with Crippen molar-refractivity contribution in [2.24, 2.45) is 0 Å². The van der Waals surface area contributed by atoms with E-state index >= 15 is 0 Å². The zero-order chi connectivity index (χ0) is 19.0. The molecular formula is C21H15N3O3. The minimum absolute atomic E-state index is 0.110. The second-order valence-electron chi connectivity index (χ2n) is 6.20. The predicted molar refractivity (Wildman–Crippen MR) is 102 cm³/mol. The Kier molecular flexibility index (Phi) is 3.93. The Labute approximate surface area is 155 Å². The van der Waals surface area contributed by atoms with Gasteiger partial charge >= 0.3 is 0 Å². The van der Waals surface area contributed by atoms with Gasteiger partial charge in [-0.3, -0.25) is 19.7 Å². The molecule has 1 aliphatic rings. The molecule has 6 heteroatoms. The molecule has 1 aliphatic heterocycles. The van der Waals surface area contributed by atoms with Crippen molar-refractivity contribution in [1.82, 2.24) is 5.32 Å². The van der Waals surface area contributed by atoms with E-state index in [1.807, 2.05) is 0 Å². The molecule has 0 radical (unpaired) electrons. The number of nitrogens with one attached hydrogen (secondary N) is 2. The average molecular weight is 357 g/mol. The van der Waals surface area contributed by atoms with E-state index in [-0.39, 0.29) is 11.7 Å². The van der Waals surface area contributed by atoms with Gasteiger partial charge in [0.2, 0.25) is 0 Å². The lowest BCUT2D eigenvalue weighted by Gasteiger charge is -2.08. The number of ketones is 1. The molecule has 6 nitrogen and oxygen atoms in total. The number of carbonyl (C=O) groups is 3. The van der Waals surface area contributed by atoms with Crippen molar-refractivity contribution in [1.29, 1.82) is 0 Å². The Morgan fingerprint density at radius 2 is 1.48 bits per heavy atom. The summed E-state index contributed by atoms with van der Waals surface area (Å²) in [5.74, 6) is -0.894. The Hall–Kier alpha value is -3.93. The number of nitrogen functional groups attached to an aromatic ring is 1. The molecule has 0 aliphatic carbocycles. The van der Waals surface area contributed by atoms with E-state index in [0.717, 1.165) is 5.69 Å². The Bertz CT molecular complexity index is 1090. The van der Waals surface area contributed by atoms with Crippen LogP contribution < -0.4 is 16.4 Å². The summed E-state index contributed by atoms with van der Waals surface area (Å²) in [6, 6.07) is 18.8. The molecule has 0 saturated carbocycles. The van der Waals surface area contributed by atoms with Gasteiger partial charge in [-0.1, -0.05) is 12.1 Å². The molecule has 0 bridgehead atoms. The molecule has 1 heterocycles. The Morgan fingerprint density at radius 3 is 2.22 bits per heavy atom. The summed E-state index contributed by atoms with van der Waals surface area (Å²) in [5, 5.41) is 5.42. The number of hydrogen-bond acceptors (Lipinski definition) is 5. The maximum Gasteiger partial charge on any atom is 0.259 e. The van der Waals surface area contributed by atoms with Crippen LogP contribution in [0.3, 0.4) is 0 Å². The van der Waals surface area contributed by atoms with Crippen molar-refractivity contribution in [3.05, 3.63) is 89.0 Å². The lowest BCUT2D eigenvalue weighted by atomic mass is 10.0. The Morgan fingerprint density at radius 1 is 0.778 bits per heavy atom. The van der Waals surface area contributed by atoms with Gasteiger partial charge in [0, 0.05) is 28.2 Å². The highest BCUT2D eigenvalue weighted by Gasteiger charge is 2.26. The van der Waals surface area contributed by atoms with Crippen LogP contribution in [0.4, 0.5) is 17.1 Å². The number of hydrogen-bond donors (Lipinski definition) is 3. The smallest absolute Gasteiger partial charge is 0.259 e. The second kappa shape index (κ2) is 6.42. The molecule has 3 aromatic rings. The fourth-order valence-corrected chi connectivity index (χ4v) is 2.96. The summed E-state index contributed by atoms with van der Waals surface area (Å²) < 4.78 is 0. The van der Waals surface area contributed by atoms with Crippen molar-refractivity contribution in [2.75, 3.05) is 11.1 Å². The summed E-state index contributed by atoms with van der Waals surface area (Å²) in [5.41, 5.74) is 9.49. The van der Waals surface area contributed by atoms with Crippen LogP contribution >= 0.6 is 0 Å². The SMILES string of the molecule is Nc1cccc(C(=O)c2ccc(Nc3ccc4c(c3)C(=O)NC4=O)cc2)c1. The second-order valence-corrected chi connectivity index (χ2v) is 6.20. The van der Waals surface area contributed by atoms with Crippen molar-refractivity contribution >= 4 is 34.7 Å². The fourth-order valence-electron chi connectivity index (χ4n) is 2.96. The minimum atomic E-state index is -0.401. The lowest BCUT2D eigenvalue weighted by molar-refractivity contribution is 0.0879. The van der Waals surface area contributed by atoms with Crippen LogP contribution in [0.5, 0.6) is 0 Å².